The number of nitrogens with zero attached hydrogens (tertiary/aromatic N) is 1. The van der Waals surface area contributed by atoms with Gasteiger partial charge in [-0.3, -0.25) is 14.4 Å². The Hall–Kier alpha value is -2.83. The Bertz CT molecular complexity index is 775. The Morgan fingerprint density at radius 1 is 1.10 bits per heavy atom. The van der Waals surface area contributed by atoms with Crippen LogP contribution in [-0.2, 0) is 14.4 Å². The van der Waals surface area contributed by atoms with Crippen LogP contribution in [0.4, 0.5) is 5.69 Å². The zero-order chi connectivity index (χ0) is 20.5. The average molecular weight is 399 g/mol. The van der Waals surface area contributed by atoms with Crippen molar-refractivity contribution in [2.45, 2.75) is 44.9 Å². The molecular weight excluding hydrogens is 370 g/mol. The van der Waals surface area contributed by atoms with Crippen LogP contribution in [-0.4, -0.2) is 48.9 Å². The predicted octanol–water partition coefficient (Wildman–Crippen LogP) is 2.63. The van der Waals surface area contributed by atoms with Gasteiger partial charge in [0.2, 0.25) is 11.8 Å². The second-order valence-electron chi connectivity index (χ2n) is 7.49. The normalized spacial score (nSPS) is 16.3. The third-order valence-corrected chi connectivity index (χ3v) is 5.15. The fraction of sp³-hybridized carbons (Fsp3) is 0.500. The summed E-state index contributed by atoms with van der Waals surface area (Å²) in [5, 5.41) is 5.65. The number of hydrogen-bond donors (Lipinski definition) is 2. The van der Waals surface area contributed by atoms with Crippen molar-refractivity contribution in [2.75, 3.05) is 31.6 Å². The van der Waals surface area contributed by atoms with Gasteiger partial charge in [0.15, 0.2) is 6.61 Å². The minimum absolute atomic E-state index is 0.0167. The van der Waals surface area contributed by atoms with Crippen LogP contribution in [0, 0.1) is 0 Å². The number of ether oxygens (including phenoxy) is 1. The molecule has 1 aliphatic heterocycles. The van der Waals surface area contributed by atoms with Crippen molar-refractivity contribution in [3.05, 3.63) is 35.9 Å². The predicted molar refractivity (Wildman–Crippen MR) is 111 cm³/mol. The maximum absolute atomic E-state index is 12.1. The van der Waals surface area contributed by atoms with Crippen LogP contribution in [0.5, 0.6) is 5.75 Å². The molecule has 2 aliphatic rings. The maximum atomic E-state index is 12.1. The lowest BCUT2D eigenvalue weighted by Gasteiger charge is -2.15. The first-order valence-corrected chi connectivity index (χ1v) is 10.4. The summed E-state index contributed by atoms with van der Waals surface area (Å²) in [6, 6.07) is 6.90. The number of likely N-dealkylation sites (tertiary alicyclic amines) is 1. The number of nitrogens with one attached hydrogen (secondary N) is 2. The van der Waals surface area contributed by atoms with Crippen molar-refractivity contribution < 1.29 is 19.1 Å². The molecule has 2 N–H and O–H groups in total. The van der Waals surface area contributed by atoms with Crippen LogP contribution < -0.4 is 15.4 Å². The summed E-state index contributed by atoms with van der Waals surface area (Å²) in [6.07, 6.45) is 9.28. The van der Waals surface area contributed by atoms with Crippen LogP contribution >= 0.6 is 0 Å². The quantitative estimate of drug-likeness (QED) is 0.625. The highest BCUT2D eigenvalue weighted by molar-refractivity contribution is 5.95. The van der Waals surface area contributed by atoms with Crippen molar-refractivity contribution in [3.8, 4) is 5.75 Å². The van der Waals surface area contributed by atoms with Gasteiger partial charge in [-0.1, -0.05) is 17.7 Å². The van der Waals surface area contributed by atoms with E-state index in [-0.39, 0.29) is 30.9 Å². The van der Waals surface area contributed by atoms with E-state index in [9.17, 15) is 14.4 Å². The second-order valence-corrected chi connectivity index (χ2v) is 7.49. The van der Waals surface area contributed by atoms with E-state index in [0.717, 1.165) is 25.7 Å². The lowest BCUT2D eigenvalue weighted by molar-refractivity contribution is -0.131. The third kappa shape index (κ3) is 6.93. The van der Waals surface area contributed by atoms with Gasteiger partial charge in [0.25, 0.3) is 5.91 Å². The molecular formula is C22H29N3O4. The highest BCUT2D eigenvalue weighted by Gasteiger charge is 2.22. The minimum atomic E-state index is -0.243. The molecule has 1 saturated heterocycles. The van der Waals surface area contributed by atoms with Gasteiger partial charge in [-0.2, -0.15) is 0 Å². The summed E-state index contributed by atoms with van der Waals surface area (Å²) in [5.41, 5.74) is 2.00. The molecule has 0 saturated carbocycles. The summed E-state index contributed by atoms with van der Waals surface area (Å²) in [7, 11) is 0. The SMILES string of the molecule is O=C(COc1cccc(NC(=O)CN2CCCC2=O)c1)NCCC1=CCCCC1. The van der Waals surface area contributed by atoms with E-state index in [1.54, 1.807) is 29.2 Å². The molecule has 1 aromatic carbocycles. The molecule has 0 spiro atoms. The Morgan fingerprint density at radius 3 is 2.76 bits per heavy atom. The smallest absolute Gasteiger partial charge is 0.257 e. The van der Waals surface area contributed by atoms with Gasteiger partial charge in [-0.05, 0) is 50.7 Å². The van der Waals surface area contributed by atoms with E-state index in [2.05, 4.69) is 16.7 Å². The van der Waals surface area contributed by atoms with E-state index >= 15 is 0 Å². The number of amides is 3. The molecule has 1 aromatic rings. The van der Waals surface area contributed by atoms with Gasteiger partial charge in [0, 0.05) is 31.3 Å². The summed E-state index contributed by atoms with van der Waals surface area (Å²) < 4.78 is 5.54. The number of carbonyl (C=O) groups excluding carboxylic acids is 3. The zero-order valence-electron chi connectivity index (χ0n) is 16.7. The van der Waals surface area contributed by atoms with E-state index < -0.39 is 0 Å². The Morgan fingerprint density at radius 2 is 2.00 bits per heavy atom. The Labute approximate surface area is 171 Å². The van der Waals surface area contributed by atoms with Gasteiger partial charge in [0.1, 0.15) is 5.75 Å². The number of hydrogen-bond acceptors (Lipinski definition) is 4. The first-order chi connectivity index (χ1) is 14.1. The highest BCUT2D eigenvalue weighted by atomic mass is 16.5. The molecule has 7 heteroatoms. The average Bonchev–Trinajstić information content (AvgIpc) is 3.12. The van der Waals surface area contributed by atoms with Gasteiger partial charge in [-0.15, -0.1) is 0 Å². The minimum Gasteiger partial charge on any atom is -0.484 e. The fourth-order valence-electron chi connectivity index (χ4n) is 3.60. The van der Waals surface area contributed by atoms with Crippen molar-refractivity contribution in [1.29, 1.82) is 0 Å². The number of carbonyl (C=O) groups is 3. The van der Waals surface area contributed by atoms with Crippen LogP contribution in [0.2, 0.25) is 0 Å². The molecule has 1 aliphatic carbocycles. The number of rotatable bonds is 9. The summed E-state index contributed by atoms with van der Waals surface area (Å²) in [5.74, 6) is 0.115. The lowest BCUT2D eigenvalue weighted by atomic mass is 9.97. The summed E-state index contributed by atoms with van der Waals surface area (Å²) in [4.78, 5) is 37.3. The van der Waals surface area contributed by atoms with E-state index in [1.807, 2.05) is 0 Å². The van der Waals surface area contributed by atoms with Gasteiger partial charge < -0.3 is 20.3 Å². The monoisotopic (exact) mass is 399 g/mol. The molecule has 1 fully saturated rings. The molecule has 0 aromatic heterocycles. The largest absolute Gasteiger partial charge is 0.484 e. The van der Waals surface area contributed by atoms with E-state index in [1.165, 1.54) is 18.4 Å². The van der Waals surface area contributed by atoms with Crippen molar-refractivity contribution in [1.82, 2.24) is 10.2 Å². The summed E-state index contributed by atoms with van der Waals surface area (Å²) in [6.45, 7) is 1.24. The molecule has 0 radical (unpaired) electrons. The molecule has 3 amide bonds. The van der Waals surface area contributed by atoms with Crippen molar-refractivity contribution >= 4 is 23.4 Å². The lowest BCUT2D eigenvalue weighted by Crippen LogP contribution is -2.33. The first kappa shape index (κ1) is 20.9. The molecule has 0 bridgehead atoms. The molecule has 0 atom stereocenters. The highest BCUT2D eigenvalue weighted by Crippen LogP contribution is 2.20. The molecule has 7 nitrogen and oxygen atoms in total. The van der Waals surface area contributed by atoms with E-state index in [0.29, 0.717) is 30.9 Å². The zero-order valence-corrected chi connectivity index (χ0v) is 16.7. The van der Waals surface area contributed by atoms with Crippen LogP contribution in [0.25, 0.3) is 0 Å². The van der Waals surface area contributed by atoms with E-state index in [4.69, 9.17) is 4.74 Å². The third-order valence-electron chi connectivity index (χ3n) is 5.15. The first-order valence-electron chi connectivity index (χ1n) is 10.4. The number of benzene rings is 1. The van der Waals surface area contributed by atoms with Gasteiger partial charge >= 0.3 is 0 Å². The topological polar surface area (TPSA) is 87.7 Å². The van der Waals surface area contributed by atoms with Crippen LogP contribution in [0.3, 0.4) is 0 Å². The second kappa shape index (κ2) is 10.6. The molecule has 156 valence electrons. The number of anilines is 1. The fourth-order valence-corrected chi connectivity index (χ4v) is 3.60. The van der Waals surface area contributed by atoms with Crippen molar-refractivity contribution in [3.63, 3.8) is 0 Å². The van der Waals surface area contributed by atoms with Crippen LogP contribution in [0.15, 0.2) is 35.9 Å². The number of allylic oxidation sites excluding steroid dienone is 1. The molecule has 29 heavy (non-hydrogen) atoms. The Kier molecular flexibility index (Phi) is 7.67. The Balaban J connectivity index is 1.38. The maximum Gasteiger partial charge on any atom is 0.257 e. The van der Waals surface area contributed by atoms with Gasteiger partial charge in [-0.25, -0.2) is 0 Å². The standard InChI is InChI=1S/C22H29N3O4/c26-20(15-25-13-5-10-22(25)28)24-18-8-4-9-19(14-18)29-16-21(27)23-12-11-17-6-2-1-3-7-17/h4,6,8-9,14H,1-3,5,7,10-13,15-16H2,(H,23,27)(H,24,26). The van der Waals surface area contributed by atoms with Crippen LogP contribution in [0.1, 0.15) is 44.9 Å². The summed E-state index contributed by atoms with van der Waals surface area (Å²) >= 11 is 0. The molecule has 3 rings (SSSR count). The molecule has 0 unspecified atom stereocenters. The van der Waals surface area contributed by atoms with Gasteiger partial charge in [0.05, 0.1) is 6.54 Å². The van der Waals surface area contributed by atoms with Crippen molar-refractivity contribution in [2.24, 2.45) is 0 Å². The molecule has 1 heterocycles.